The molecule has 0 saturated carbocycles. The summed E-state index contributed by atoms with van der Waals surface area (Å²) in [4.78, 5) is 12.5. The predicted molar refractivity (Wildman–Crippen MR) is 92.5 cm³/mol. The minimum atomic E-state index is -0.612. The highest BCUT2D eigenvalue weighted by atomic mass is 35.5. The third-order valence-electron chi connectivity index (χ3n) is 3.35. The SMILES string of the molecule is CC[C@@H](Oc1cccc(Cl)c1)C(=O)Nc1cc(C)ccc1OC. The maximum atomic E-state index is 12.5. The lowest BCUT2D eigenvalue weighted by Crippen LogP contribution is -2.32. The first-order valence-corrected chi connectivity index (χ1v) is 7.79. The van der Waals surface area contributed by atoms with Crippen molar-refractivity contribution in [2.45, 2.75) is 26.4 Å². The van der Waals surface area contributed by atoms with E-state index < -0.39 is 6.10 Å². The Bertz CT molecular complexity index is 688. The molecule has 0 aromatic heterocycles. The Morgan fingerprint density at radius 1 is 1.26 bits per heavy atom. The lowest BCUT2D eigenvalue weighted by atomic mass is 10.2. The van der Waals surface area contributed by atoms with E-state index in [-0.39, 0.29) is 5.91 Å². The Morgan fingerprint density at radius 3 is 2.70 bits per heavy atom. The summed E-state index contributed by atoms with van der Waals surface area (Å²) in [6.07, 6.45) is -0.0781. The van der Waals surface area contributed by atoms with Crippen LogP contribution in [0.1, 0.15) is 18.9 Å². The maximum Gasteiger partial charge on any atom is 0.265 e. The molecule has 2 aromatic carbocycles. The molecule has 4 nitrogen and oxygen atoms in total. The smallest absolute Gasteiger partial charge is 0.265 e. The van der Waals surface area contributed by atoms with Crippen molar-refractivity contribution in [2.24, 2.45) is 0 Å². The van der Waals surface area contributed by atoms with E-state index in [1.54, 1.807) is 31.4 Å². The second kappa shape index (κ2) is 7.88. The van der Waals surface area contributed by atoms with Gasteiger partial charge in [-0.1, -0.05) is 30.7 Å². The van der Waals surface area contributed by atoms with Crippen molar-refractivity contribution in [1.82, 2.24) is 0 Å². The number of anilines is 1. The molecule has 2 rings (SSSR count). The van der Waals surface area contributed by atoms with Crippen molar-refractivity contribution >= 4 is 23.2 Å². The van der Waals surface area contributed by atoms with Gasteiger partial charge in [-0.2, -0.15) is 0 Å². The quantitative estimate of drug-likeness (QED) is 0.849. The topological polar surface area (TPSA) is 47.6 Å². The number of benzene rings is 2. The van der Waals surface area contributed by atoms with Crippen LogP contribution in [-0.4, -0.2) is 19.1 Å². The van der Waals surface area contributed by atoms with Crippen LogP contribution >= 0.6 is 11.6 Å². The van der Waals surface area contributed by atoms with E-state index in [1.165, 1.54) is 0 Å². The normalized spacial score (nSPS) is 11.7. The molecule has 23 heavy (non-hydrogen) atoms. The lowest BCUT2D eigenvalue weighted by Gasteiger charge is -2.18. The third-order valence-corrected chi connectivity index (χ3v) is 3.59. The van der Waals surface area contributed by atoms with Gasteiger partial charge in [-0.3, -0.25) is 4.79 Å². The fourth-order valence-electron chi connectivity index (χ4n) is 2.16. The summed E-state index contributed by atoms with van der Waals surface area (Å²) in [7, 11) is 1.57. The average molecular weight is 334 g/mol. The molecule has 1 atom stereocenters. The van der Waals surface area contributed by atoms with Crippen LogP contribution in [0.15, 0.2) is 42.5 Å². The lowest BCUT2D eigenvalue weighted by molar-refractivity contribution is -0.122. The van der Waals surface area contributed by atoms with Crippen LogP contribution in [0.5, 0.6) is 11.5 Å². The van der Waals surface area contributed by atoms with E-state index in [2.05, 4.69) is 5.32 Å². The predicted octanol–water partition coefficient (Wildman–Crippen LogP) is 4.45. The van der Waals surface area contributed by atoms with Gasteiger partial charge in [0.2, 0.25) is 0 Å². The number of aryl methyl sites for hydroxylation is 1. The summed E-state index contributed by atoms with van der Waals surface area (Å²) in [5.41, 5.74) is 1.66. The summed E-state index contributed by atoms with van der Waals surface area (Å²) in [6, 6.07) is 12.6. The van der Waals surface area contributed by atoms with E-state index in [0.29, 0.717) is 28.6 Å². The van der Waals surface area contributed by atoms with Crippen LogP contribution in [0.3, 0.4) is 0 Å². The van der Waals surface area contributed by atoms with E-state index in [9.17, 15) is 4.79 Å². The zero-order valence-electron chi connectivity index (χ0n) is 13.4. The van der Waals surface area contributed by atoms with Crippen molar-refractivity contribution in [3.63, 3.8) is 0 Å². The number of hydrogen-bond donors (Lipinski definition) is 1. The molecule has 0 saturated heterocycles. The van der Waals surface area contributed by atoms with Crippen molar-refractivity contribution in [1.29, 1.82) is 0 Å². The second-order valence-electron chi connectivity index (χ2n) is 5.17. The molecule has 0 radical (unpaired) electrons. The first kappa shape index (κ1) is 17.2. The number of hydrogen-bond acceptors (Lipinski definition) is 3. The molecule has 0 bridgehead atoms. The Hall–Kier alpha value is -2.20. The van der Waals surface area contributed by atoms with Crippen LogP contribution < -0.4 is 14.8 Å². The van der Waals surface area contributed by atoms with Crippen LogP contribution in [0.2, 0.25) is 5.02 Å². The van der Waals surface area contributed by atoms with Gasteiger partial charge in [0.25, 0.3) is 5.91 Å². The molecule has 0 aliphatic rings. The van der Waals surface area contributed by atoms with Gasteiger partial charge in [0.15, 0.2) is 6.10 Å². The molecule has 0 unspecified atom stereocenters. The number of methoxy groups -OCH3 is 1. The standard InChI is InChI=1S/C18H20ClNO3/c1-4-16(23-14-7-5-6-13(19)11-14)18(21)20-15-10-12(2)8-9-17(15)22-3/h5-11,16H,4H2,1-3H3,(H,20,21)/t16-/m1/s1. The van der Waals surface area contributed by atoms with Crippen molar-refractivity contribution in [2.75, 3.05) is 12.4 Å². The molecule has 122 valence electrons. The summed E-state index contributed by atoms with van der Waals surface area (Å²) in [5, 5.41) is 3.43. The van der Waals surface area contributed by atoms with Gasteiger partial charge in [0, 0.05) is 5.02 Å². The molecule has 0 heterocycles. The molecular formula is C18H20ClNO3. The van der Waals surface area contributed by atoms with E-state index in [4.69, 9.17) is 21.1 Å². The van der Waals surface area contributed by atoms with Crippen LogP contribution in [-0.2, 0) is 4.79 Å². The number of halogens is 1. The fraction of sp³-hybridized carbons (Fsp3) is 0.278. The van der Waals surface area contributed by atoms with Crippen LogP contribution in [0, 0.1) is 6.92 Å². The second-order valence-corrected chi connectivity index (χ2v) is 5.60. The van der Waals surface area contributed by atoms with Gasteiger partial charge < -0.3 is 14.8 Å². The van der Waals surface area contributed by atoms with Gasteiger partial charge in [0.1, 0.15) is 11.5 Å². The molecule has 5 heteroatoms. The summed E-state index contributed by atoms with van der Waals surface area (Å²) in [5.74, 6) is 0.952. The van der Waals surface area contributed by atoms with Gasteiger partial charge in [-0.05, 0) is 49.2 Å². The van der Waals surface area contributed by atoms with Gasteiger partial charge >= 0.3 is 0 Å². The number of ether oxygens (including phenoxy) is 2. The minimum Gasteiger partial charge on any atom is -0.495 e. The molecule has 1 amide bonds. The number of rotatable bonds is 6. The largest absolute Gasteiger partial charge is 0.495 e. The first-order chi connectivity index (χ1) is 11.0. The fourth-order valence-corrected chi connectivity index (χ4v) is 2.34. The van der Waals surface area contributed by atoms with Crippen LogP contribution in [0.4, 0.5) is 5.69 Å². The Morgan fingerprint density at radius 2 is 2.04 bits per heavy atom. The molecular weight excluding hydrogens is 314 g/mol. The molecule has 0 fully saturated rings. The third kappa shape index (κ3) is 4.63. The first-order valence-electron chi connectivity index (χ1n) is 7.41. The Balaban J connectivity index is 2.13. The molecule has 0 aliphatic heterocycles. The average Bonchev–Trinajstić information content (AvgIpc) is 2.53. The van der Waals surface area contributed by atoms with Crippen molar-refractivity contribution in [3.05, 3.63) is 53.1 Å². The van der Waals surface area contributed by atoms with E-state index >= 15 is 0 Å². The zero-order chi connectivity index (χ0) is 16.8. The number of carbonyl (C=O) groups is 1. The van der Waals surface area contributed by atoms with Gasteiger partial charge in [-0.15, -0.1) is 0 Å². The Labute approximate surface area is 141 Å². The monoisotopic (exact) mass is 333 g/mol. The number of carbonyl (C=O) groups excluding carboxylic acids is 1. The summed E-state index contributed by atoms with van der Waals surface area (Å²) in [6.45, 7) is 3.84. The van der Waals surface area contributed by atoms with Gasteiger partial charge in [0.05, 0.1) is 12.8 Å². The Kier molecular flexibility index (Phi) is 5.88. The highest BCUT2D eigenvalue weighted by Crippen LogP contribution is 2.26. The minimum absolute atomic E-state index is 0.226. The van der Waals surface area contributed by atoms with Crippen molar-refractivity contribution in [3.8, 4) is 11.5 Å². The maximum absolute atomic E-state index is 12.5. The number of amides is 1. The molecule has 1 N–H and O–H groups in total. The molecule has 0 aliphatic carbocycles. The van der Waals surface area contributed by atoms with Gasteiger partial charge in [-0.25, -0.2) is 0 Å². The van der Waals surface area contributed by atoms with E-state index in [0.717, 1.165) is 5.56 Å². The number of nitrogens with one attached hydrogen (secondary N) is 1. The highest BCUT2D eigenvalue weighted by molar-refractivity contribution is 6.30. The van der Waals surface area contributed by atoms with E-state index in [1.807, 2.05) is 32.0 Å². The molecule has 2 aromatic rings. The highest BCUT2D eigenvalue weighted by Gasteiger charge is 2.20. The molecule has 0 spiro atoms. The van der Waals surface area contributed by atoms with Crippen molar-refractivity contribution < 1.29 is 14.3 Å². The zero-order valence-corrected chi connectivity index (χ0v) is 14.2. The summed E-state index contributed by atoms with van der Waals surface area (Å²) < 4.78 is 11.0. The summed E-state index contributed by atoms with van der Waals surface area (Å²) >= 11 is 5.94. The van der Waals surface area contributed by atoms with Crippen LogP contribution in [0.25, 0.3) is 0 Å².